The molecule has 0 saturated carbocycles. The van der Waals surface area contributed by atoms with E-state index in [1.54, 1.807) is 12.1 Å². The van der Waals surface area contributed by atoms with E-state index in [0.29, 0.717) is 5.56 Å². The lowest BCUT2D eigenvalue weighted by Gasteiger charge is -2.42. The van der Waals surface area contributed by atoms with Gasteiger partial charge in [0.2, 0.25) is 11.8 Å². The summed E-state index contributed by atoms with van der Waals surface area (Å²) in [4.78, 5) is 0.851. The molecule has 0 fully saturated rings. The van der Waals surface area contributed by atoms with Crippen molar-refractivity contribution in [2.45, 2.75) is 24.6 Å². The topological polar surface area (TPSA) is 106 Å². The van der Waals surface area contributed by atoms with Crippen LogP contribution in [0.4, 0.5) is 0 Å². The van der Waals surface area contributed by atoms with Crippen molar-refractivity contribution in [1.82, 2.24) is 5.32 Å². The number of aromatic nitrogens is 1. The van der Waals surface area contributed by atoms with Gasteiger partial charge in [0.05, 0.1) is 28.8 Å². The van der Waals surface area contributed by atoms with Gasteiger partial charge in [-0.05, 0) is 24.4 Å². The van der Waals surface area contributed by atoms with Gasteiger partial charge in [-0.15, -0.1) is 11.3 Å². The molecule has 3 atom stereocenters. The number of allylic oxidation sites excluding steroid dienone is 2. The van der Waals surface area contributed by atoms with Gasteiger partial charge >= 0.3 is 0 Å². The van der Waals surface area contributed by atoms with Gasteiger partial charge in [0, 0.05) is 22.1 Å². The highest BCUT2D eigenvalue weighted by Gasteiger charge is 2.56. The van der Waals surface area contributed by atoms with Crippen LogP contribution in [0.1, 0.15) is 28.0 Å². The van der Waals surface area contributed by atoms with Crippen LogP contribution in [0, 0.1) is 29.6 Å². The Hall–Kier alpha value is -4.00. The molecule has 2 aromatic heterocycles. The molecule has 1 aliphatic heterocycles. The summed E-state index contributed by atoms with van der Waals surface area (Å²) in [5.74, 6) is 1.28. The highest BCUT2D eigenvalue weighted by molar-refractivity contribution is 7.10. The van der Waals surface area contributed by atoms with Gasteiger partial charge in [-0.2, -0.15) is 15.1 Å². The van der Waals surface area contributed by atoms with Crippen LogP contribution in [0.5, 0.6) is 0 Å². The molecule has 3 heterocycles. The third-order valence-corrected chi connectivity index (χ3v) is 6.54. The van der Waals surface area contributed by atoms with Gasteiger partial charge in [0.15, 0.2) is 12.4 Å². The highest BCUT2D eigenvalue weighted by atomic mass is 32.1. The van der Waals surface area contributed by atoms with Gasteiger partial charge in [-0.1, -0.05) is 36.4 Å². The van der Waals surface area contributed by atoms with Crippen LogP contribution in [-0.4, -0.2) is 11.0 Å². The smallest absolute Gasteiger partial charge is 0.227 e. The number of hydrogen-bond acceptors (Lipinski definition) is 5. The van der Waals surface area contributed by atoms with Crippen LogP contribution in [0.15, 0.2) is 89.2 Å². The Morgan fingerprint density at radius 2 is 1.94 bits per heavy atom. The minimum absolute atomic E-state index is 0.0618. The molecule has 0 aliphatic carbocycles. The second-order valence-electron chi connectivity index (χ2n) is 7.52. The zero-order valence-electron chi connectivity index (χ0n) is 17.2. The van der Waals surface area contributed by atoms with E-state index in [1.165, 1.54) is 11.3 Å². The molecule has 0 amide bonds. The van der Waals surface area contributed by atoms with Crippen LogP contribution >= 0.6 is 11.3 Å². The van der Waals surface area contributed by atoms with Crippen molar-refractivity contribution in [3.63, 3.8) is 0 Å². The van der Waals surface area contributed by atoms with Crippen molar-refractivity contribution in [3.05, 3.63) is 111 Å². The Bertz CT molecular complexity index is 1310. The molecular weight excluding hydrogens is 418 g/mol. The summed E-state index contributed by atoms with van der Waals surface area (Å²) in [6.45, 7) is 1.96. The monoisotopic (exact) mass is 437 g/mol. The normalized spacial score (nSPS) is 22.2. The number of aliphatic hydroxyl groups is 1. The van der Waals surface area contributed by atoms with Gasteiger partial charge in [0.1, 0.15) is 6.07 Å². The number of nitriles is 2. The predicted molar refractivity (Wildman–Crippen MR) is 121 cm³/mol. The van der Waals surface area contributed by atoms with Crippen molar-refractivity contribution in [1.29, 1.82) is 10.5 Å². The molecule has 1 aromatic carbocycles. The Balaban J connectivity index is 2.10. The number of pyridine rings is 1. The number of aryl methyl sites for hydroxylation is 1. The lowest BCUT2D eigenvalue weighted by atomic mass is 9.75. The molecule has 0 saturated heterocycles. The van der Waals surface area contributed by atoms with Crippen LogP contribution in [0.2, 0.25) is 0 Å². The van der Waals surface area contributed by atoms with E-state index >= 15 is 0 Å². The van der Waals surface area contributed by atoms with E-state index in [0.717, 1.165) is 10.4 Å². The fourth-order valence-electron chi connectivity index (χ4n) is 4.22. The molecule has 3 unspecified atom stereocenters. The molecular formula is C25H19N5OS. The van der Waals surface area contributed by atoms with Crippen LogP contribution in [-0.2, 0) is 5.72 Å². The second kappa shape index (κ2) is 8.63. The Morgan fingerprint density at radius 1 is 1.16 bits per heavy atom. The summed E-state index contributed by atoms with van der Waals surface area (Å²) < 4.78 is 1.90. The molecule has 0 spiro atoms. The zero-order chi connectivity index (χ0) is 22.7. The molecule has 32 heavy (non-hydrogen) atoms. The largest absolute Gasteiger partial charge is 0.762 e. The maximum atomic E-state index is 12.2. The first-order chi connectivity index (χ1) is 15.5. The number of nitrogens with one attached hydrogen (secondary N) is 1. The number of hydrogen-bond donors (Lipinski definition) is 2. The average Bonchev–Trinajstić information content (AvgIpc) is 3.35. The molecule has 156 valence electrons. The van der Waals surface area contributed by atoms with E-state index in [-0.39, 0.29) is 16.8 Å². The van der Waals surface area contributed by atoms with Gasteiger partial charge < -0.3 is 15.8 Å². The van der Waals surface area contributed by atoms with Gasteiger partial charge in [0.25, 0.3) is 0 Å². The molecule has 7 heteroatoms. The van der Waals surface area contributed by atoms with Gasteiger partial charge in [-0.25, -0.2) is 5.87 Å². The van der Waals surface area contributed by atoms with Crippen LogP contribution < -0.4 is 9.88 Å². The molecule has 0 radical (unpaired) electrons. The standard InChI is InChI=1S/C25H19N5OS/c1-17-7-5-11-30(16-17)24-22(21-10-6-12-32-21)20(15-28)23(18(13-26)14-27)29-25(24,31)19-8-3-2-4-9-19/h2-12,16,22,24,29,31H,1H3. The van der Waals surface area contributed by atoms with E-state index in [2.05, 4.69) is 11.4 Å². The molecule has 2 N–H and O–H groups in total. The fourth-order valence-corrected chi connectivity index (χ4v) is 5.09. The minimum Gasteiger partial charge on any atom is -0.762 e. The molecule has 1 aliphatic rings. The molecule has 4 rings (SSSR count). The van der Waals surface area contributed by atoms with E-state index in [4.69, 9.17) is 0 Å². The van der Waals surface area contributed by atoms with Crippen molar-refractivity contribution in [2.75, 3.05) is 0 Å². The zero-order valence-corrected chi connectivity index (χ0v) is 18.0. The van der Waals surface area contributed by atoms with Crippen molar-refractivity contribution in [3.8, 4) is 12.1 Å². The average molecular weight is 438 g/mol. The molecule has 6 nitrogen and oxygen atoms in total. The SMILES string of the molecule is Cc1ccc[n+](C2C(c3cccs3)C(C#N)=C(C(=C=[N-])C#N)NC2(O)c2ccccc2)c1. The third-order valence-electron chi connectivity index (χ3n) is 5.59. The van der Waals surface area contributed by atoms with E-state index in [1.807, 2.05) is 83.7 Å². The fraction of sp³-hybridized carbons (Fsp3) is 0.160. The second-order valence-corrected chi connectivity index (χ2v) is 8.50. The summed E-state index contributed by atoms with van der Waals surface area (Å²) in [5, 5.41) is 46.5. The maximum absolute atomic E-state index is 12.2. The van der Waals surface area contributed by atoms with Crippen molar-refractivity contribution < 1.29 is 9.67 Å². The quantitative estimate of drug-likeness (QED) is 0.370. The van der Waals surface area contributed by atoms with Gasteiger partial charge in [-0.3, -0.25) is 0 Å². The Morgan fingerprint density at radius 3 is 2.53 bits per heavy atom. The first-order valence-corrected chi connectivity index (χ1v) is 10.8. The number of rotatable bonds is 4. The van der Waals surface area contributed by atoms with Crippen molar-refractivity contribution >= 4 is 17.2 Å². The third kappa shape index (κ3) is 3.51. The molecule has 0 bridgehead atoms. The minimum atomic E-state index is -1.71. The molecule has 3 aromatic rings. The number of thiophene rings is 1. The predicted octanol–water partition coefficient (Wildman–Crippen LogP) is 3.58. The van der Waals surface area contributed by atoms with E-state index < -0.39 is 17.7 Å². The Labute approximate surface area is 190 Å². The first kappa shape index (κ1) is 21.2. The van der Waals surface area contributed by atoms with E-state index in [9.17, 15) is 21.0 Å². The number of nitrogens with zero attached hydrogens (tertiary/aromatic N) is 4. The van der Waals surface area contributed by atoms with Crippen LogP contribution in [0.3, 0.4) is 0 Å². The van der Waals surface area contributed by atoms with Crippen LogP contribution in [0.25, 0.3) is 5.41 Å². The Kier molecular flexibility index (Phi) is 5.73. The van der Waals surface area contributed by atoms with Crippen molar-refractivity contribution in [2.24, 2.45) is 0 Å². The summed E-state index contributed by atoms with van der Waals surface area (Å²) in [5.41, 5.74) is -0.0991. The summed E-state index contributed by atoms with van der Waals surface area (Å²) in [6, 6.07) is 20.1. The highest BCUT2D eigenvalue weighted by Crippen LogP contribution is 2.48. The summed E-state index contributed by atoms with van der Waals surface area (Å²) in [6.07, 6.45) is 3.77. The summed E-state index contributed by atoms with van der Waals surface area (Å²) in [7, 11) is 0. The lowest BCUT2D eigenvalue weighted by Crippen LogP contribution is -2.62. The lowest BCUT2D eigenvalue weighted by molar-refractivity contribution is -0.744. The summed E-state index contributed by atoms with van der Waals surface area (Å²) >= 11 is 1.46. The maximum Gasteiger partial charge on any atom is 0.227 e. The first-order valence-electron chi connectivity index (χ1n) is 9.92. The number of benzene rings is 1.